The first-order valence-electron chi connectivity index (χ1n) is 4.70. The van der Waals surface area contributed by atoms with Crippen LogP contribution in [0, 0.1) is 0 Å². The summed E-state index contributed by atoms with van der Waals surface area (Å²) in [5, 5.41) is 3.98. The topological polar surface area (TPSA) is 51.2 Å². The molecule has 5 heteroatoms. The molecule has 2 heterocycles. The molecule has 0 atom stereocenters. The van der Waals surface area contributed by atoms with Crippen LogP contribution >= 0.6 is 11.8 Å². The van der Waals surface area contributed by atoms with E-state index >= 15 is 0 Å². The normalized spacial score (nSPS) is 10.7. The first-order chi connectivity index (χ1) is 7.45. The van der Waals surface area contributed by atoms with Gasteiger partial charge in [-0.15, -0.1) is 0 Å². The van der Waals surface area contributed by atoms with Crippen molar-refractivity contribution < 1.29 is 8.83 Å². The van der Waals surface area contributed by atoms with Crippen molar-refractivity contribution in [2.45, 2.75) is 11.8 Å². The first-order valence-corrected chi connectivity index (χ1v) is 5.69. The van der Waals surface area contributed by atoms with E-state index in [9.17, 15) is 0 Å². The summed E-state index contributed by atoms with van der Waals surface area (Å²) < 4.78 is 10.3. The Hall–Kier alpha value is -1.20. The van der Waals surface area contributed by atoms with Gasteiger partial charge in [-0.3, -0.25) is 0 Å². The summed E-state index contributed by atoms with van der Waals surface area (Å²) in [5.74, 6) is 1.89. The van der Waals surface area contributed by atoms with Gasteiger partial charge in [0.2, 0.25) is 0 Å². The number of nitrogens with zero attached hydrogens (tertiary/aromatic N) is 1. The molecule has 2 aromatic rings. The molecule has 0 aromatic carbocycles. The van der Waals surface area contributed by atoms with E-state index in [0.717, 1.165) is 29.8 Å². The van der Waals surface area contributed by atoms with Crippen molar-refractivity contribution >= 4 is 11.8 Å². The molecular formula is C10H12N2O2S. The van der Waals surface area contributed by atoms with Gasteiger partial charge >= 0.3 is 0 Å². The van der Waals surface area contributed by atoms with Crippen LogP contribution in [-0.2, 0) is 6.54 Å². The lowest BCUT2D eigenvalue weighted by molar-refractivity contribution is 0.453. The zero-order chi connectivity index (χ0) is 10.3. The molecule has 0 saturated carbocycles. The van der Waals surface area contributed by atoms with Gasteiger partial charge < -0.3 is 14.2 Å². The van der Waals surface area contributed by atoms with Crippen LogP contribution < -0.4 is 5.32 Å². The van der Waals surface area contributed by atoms with E-state index in [1.54, 1.807) is 30.5 Å². The summed E-state index contributed by atoms with van der Waals surface area (Å²) in [7, 11) is 0. The van der Waals surface area contributed by atoms with Crippen LogP contribution in [0.1, 0.15) is 5.76 Å². The molecular weight excluding hydrogens is 212 g/mol. The Morgan fingerprint density at radius 1 is 1.33 bits per heavy atom. The fourth-order valence-corrected chi connectivity index (χ4v) is 1.80. The monoisotopic (exact) mass is 224 g/mol. The van der Waals surface area contributed by atoms with Crippen molar-refractivity contribution in [2.24, 2.45) is 0 Å². The second-order valence-corrected chi connectivity index (χ2v) is 3.95. The third-order valence-corrected chi connectivity index (χ3v) is 2.65. The molecule has 1 N–H and O–H groups in total. The minimum Gasteiger partial charge on any atom is -0.468 e. The number of furan rings is 1. The highest BCUT2D eigenvalue weighted by atomic mass is 32.2. The maximum absolute atomic E-state index is 5.19. The highest BCUT2D eigenvalue weighted by molar-refractivity contribution is 7.99. The summed E-state index contributed by atoms with van der Waals surface area (Å²) in [5.41, 5.74) is 0. The minimum atomic E-state index is 0.717. The molecule has 2 rings (SSSR count). The van der Waals surface area contributed by atoms with E-state index in [1.807, 2.05) is 12.1 Å². The van der Waals surface area contributed by atoms with Crippen molar-refractivity contribution in [1.82, 2.24) is 10.3 Å². The Morgan fingerprint density at radius 2 is 2.33 bits per heavy atom. The standard InChI is InChI=1S/C10H12N2O2S/c1-2-9(13-5-1)8-11-4-7-15-10-12-3-6-14-10/h1-3,5-6,11H,4,7-8H2. The molecule has 0 radical (unpaired) electrons. The van der Waals surface area contributed by atoms with Gasteiger partial charge in [-0.1, -0.05) is 11.8 Å². The second kappa shape index (κ2) is 5.63. The number of hydrogen-bond acceptors (Lipinski definition) is 5. The smallest absolute Gasteiger partial charge is 0.255 e. The molecule has 2 aromatic heterocycles. The van der Waals surface area contributed by atoms with E-state index in [2.05, 4.69) is 10.3 Å². The van der Waals surface area contributed by atoms with Crippen LogP contribution in [-0.4, -0.2) is 17.3 Å². The van der Waals surface area contributed by atoms with E-state index in [0.29, 0.717) is 0 Å². The molecule has 80 valence electrons. The van der Waals surface area contributed by atoms with Crippen LogP contribution in [0.5, 0.6) is 0 Å². The van der Waals surface area contributed by atoms with Gasteiger partial charge in [0.05, 0.1) is 19.0 Å². The van der Waals surface area contributed by atoms with Gasteiger partial charge in [-0.05, 0) is 12.1 Å². The minimum absolute atomic E-state index is 0.717. The molecule has 0 amide bonds. The van der Waals surface area contributed by atoms with Crippen molar-refractivity contribution in [2.75, 3.05) is 12.3 Å². The Labute approximate surface area is 92.1 Å². The van der Waals surface area contributed by atoms with Crippen LogP contribution in [0.15, 0.2) is 44.9 Å². The molecule has 15 heavy (non-hydrogen) atoms. The Bertz CT molecular complexity index is 322. The Balaban J connectivity index is 1.56. The average molecular weight is 224 g/mol. The SMILES string of the molecule is c1coc(CNCCSc2ncco2)c1. The predicted octanol–water partition coefficient (Wildman–Crippen LogP) is 2.15. The van der Waals surface area contributed by atoms with Gasteiger partial charge in [-0.25, -0.2) is 4.98 Å². The maximum Gasteiger partial charge on any atom is 0.255 e. The van der Waals surface area contributed by atoms with E-state index in [-0.39, 0.29) is 0 Å². The number of aromatic nitrogens is 1. The molecule has 0 fully saturated rings. The quantitative estimate of drug-likeness (QED) is 0.602. The summed E-state index contributed by atoms with van der Waals surface area (Å²) in [6.45, 7) is 1.66. The van der Waals surface area contributed by atoms with Gasteiger partial charge in [0, 0.05) is 12.3 Å². The van der Waals surface area contributed by atoms with Crippen molar-refractivity contribution in [3.8, 4) is 0 Å². The van der Waals surface area contributed by atoms with Gasteiger partial charge in [0.25, 0.3) is 5.22 Å². The lowest BCUT2D eigenvalue weighted by Crippen LogP contribution is -2.15. The molecule has 0 unspecified atom stereocenters. The number of nitrogens with one attached hydrogen (secondary N) is 1. The predicted molar refractivity (Wildman–Crippen MR) is 57.6 cm³/mol. The summed E-state index contributed by atoms with van der Waals surface area (Å²) in [6, 6.07) is 3.84. The van der Waals surface area contributed by atoms with Gasteiger partial charge in [0.15, 0.2) is 0 Å². The number of oxazole rings is 1. The van der Waals surface area contributed by atoms with Crippen LogP contribution in [0.2, 0.25) is 0 Å². The molecule has 0 aliphatic rings. The third-order valence-electron chi connectivity index (χ3n) is 1.79. The molecule has 0 aliphatic carbocycles. The Morgan fingerprint density at radius 3 is 3.07 bits per heavy atom. The molecule has 0 spiro atoms. The largest absolute Gasteiger partial charge is 0.468 e. The lowest BCUT2D eigenvalue weighted by atomic mass is 10.4. The van der Waals surface area contributed by atoms with Crippen molar-refractivity contribution in [1.29, 1.82) is 0 Å². The molecule has 4 nitrogen and oxygen atoms in total. The first kappa shape index (κ1) is 10.3. The van der Waals surface area contributed by atoms with Crippen LogP contribution in [0.4, 0.5) is 0 Å². The summed E-state index contributed by atoms with van der Waals surface area (Å²) in [4.78, 5) is 4.01. The summed E-state index contributed by atoms with van der Waals surface area (Å²) in [6.07, 6.45) is 4.91. The van der Waals surface area contributed by atoms with Crippen molar-refractivity contribution in [3.63, 3.8) is 0 Å². The van der Waals surface area contributed by atoms with Gasteiger partial charge in [0.1, 0.15) is 12.0 Å². The van der Waals surface area contributed by atoms with E-state index in [4.69, 9.17) is 8.83 Å². The zero-order valence-electron chi connectivity index (χ0n) is 8.18. The average Bonchev–Trinajstić information content (AvgIpc) is 2.88. The Kier molecular flexibility index (Phi) is 3.87. The second-order valence-electron chi connectivity index (χ2n) is 2.90. The van der Waals surface area contributed by atoms with Crippen LogP contribution in [0.3, 0.4) is 0 Å². The van der Waals surface area contributed by atoms with E-state index < -0.39 is 0 Å². The number of rotatable bonds is 6. The lowest BCUT2D eigenvalue weighted by Gasteiger charge is -2.00. The number of hydrogen-bond donors (Lipinski definition) is 1. The highest BCUT2D eigenvalue weighted by Crippen LogP contribution is 2.13. The highest BCUT2D eigenvalue weighted by Gasteiger charge is 1.98. The molecule has 0 bridgehead atoms. The number of thioether (sulfide) groups is 1. The fourth-order valence-electron chi connectivity index (χ4n) is 1.12. The zero-order valence-corrected chi connectivity index (χ0v) is 9.00. The van der Waals surface area contributed by atoms with Crippen molar-refractivity contribution in [3.05, 3.63) is 36.6 Å². The third kappa shape index (κ3) is 3.45. The summed E-state index contributed by atoms with van der Waals surface area (Å²) >= 11 is 1.59. The fraction of sp³-hybridized carbons (Fsp3) is 0.300. The van der Waals surface area contributed by atoms with E-state index in [1.165, 1.54) is 0 Å². The van der Waals surface area contributed by atoms with Gasteiger partial charge in [-0.2, -0.15) is 0 Å². The molecule has 0 saturated heterocycles. The van der Waals surface area contributed by atoms with Crippen LogP contribution in [0.25, 0.3) is 0 Å². The molecule has 0 aliphatic heterocycles. The maximum atomic E-state index is 5.19.